The van der Waals surface area contributed by atoms with Crippen molar-refractivity contribution >= 4 is 21.6 Å². The molecule has 0 unspecified atom stereocenters. The first-order valence-electron chi connectivity index (χ1n) is 10.3. The minimum Gasteiger partial charge on any atom is -0.484 e. The van der Waals surface area contributed by atoms with E-state index in [4.69, 9.17) is 4.74 Å². The van der Waals surface area contributed by atoms with Gasteiger partial charge in [0.1, 0.15) is 11.6 Å². The maximum Gasteiger partial charge on any atom is 0.260 e. The van der Waals surface area contributed by atoms with Crippen LogP contribution >= 0.6 is 0 Å². The molecule has 0 aromatic heterocycles. The molecule has 1 fully saturated rings. The van der Waals surface area contributed by atoms with E-state index >= 15 is 0 Å². The molecule has 31 heavy (non-hydrogen) atoms. The first-order valence-corrected chi connectivity index (χ1v) is 11.7. The Balaban J connectivity index is 1.47. The van der Waals surface area contributed by atoms with Gasteiger partial charge in [-0.05, 0) is 54.4 Å². The molecule has 1 heterocycles. The van der Waals surface area contributed by atoms with E-state index in [1.165, 1.54) is 24.3 Å². The topological polar surface area (TPSA) is 78.9 Å². The molecule has 0 radical (unpaired) electrons. The SMILES string of the molecule is CC(C)CNS(=O)(=O)c1ccc(OCC(=O)N2CCN(c3ccc(F)cc3)CC2)cc1. The number of sulfonamides is 1. The second kappa shape index (κ2) is 10.1. The van der Waals surface area contributed by atoms with Gasteiger partial charge in [-0.15, -0.1) is 0 Å². The van der Waals surface area contributed by atoms with Gasteiger partial charge in [0.05, 0.1) is 4.90 Å². The normalized spacial score (nSPS) is 14.7. The summed E-state index contributed by atoms with van der Waals surface area (Å²) in [6.07, 6.45) is 0. The Kier molecular flexibility index (Phi) is 7.50. The number of nitrogens with zero attached hydrogens (tertiary/aromatic N) is 2. The Hall–Kier alpha value is -2.65. The molecule has 0 aliphatic carbocycles. The molecule has 168 valence electrons. The molecule has 0 spiro atoms. The summed E-state index contributed by atoms with van der Waals surface area (Å²) in [5.41, 5.74) is 0.933. The highest BCUT2D eigenvalue weighted by molar-refractivity contribution is 7.89. The van der Waals surface area contributed by atoms with E-state index in [0.29, 0.717) is 38.5 Å². The van der Waals surface area contributed by atoms with E-state index in [2.05, 4.69) is 9.62 Å². The van der Waals surface area contributed by atoms with E-state index in [0.717, 1.165) is 5.69 Å². The monoisotopic (exact) mass is 449 g/mol. The number of benzene rings is 2. The Morgan fingerprint density at radius 3 is 2.23 bits per heavy atom. The number of ether oxygens (including phenoxy) is 1. The van der Waals surface area contributed by atoms with Gasteiger partial charge in [-0.1, -0.05) is 13.8 Å². The average molecular weight is 450 g/mol. The third kappa shape index (κ3) is 6.41. The number of carbonyl (C=O) groups excluding carboxylic acids is 1. The molecular weight excluding hydrogens is 421 g/mol. The van der Waals surface area contributed by atoms with Crippen molar-refractivity contribution in [2.75, 3.05) is 44.2 Å². The molecule has 2 aromatic carbocycles. The summed E-state index contributed by atoms with van der Waals surface area (Å²) in [7, 11) is -3.56. The highest BCUT2D eigenvalue weighted by atomic mass is 32.2. The van der Waals surface area contributed by atoms with Gasteiger partial charge >= 0.3 is 0 Å². The zero-order chi connectivity index (χ0) is 22.4. The van der Waals surface area contributed by atoms with Crippen molar-refractivity contribution < 1.29 is 22.3 Å². The van der Waals surface area contributed by atoms with Crippen LogP contribution in [0.4, 0.5) is 10.1 Å². The Morgan fingerprint density at radius 1 is 1.03 bits per heavy atom. The fourth-order valence-electron chi connectivity index (χ4n) is 3.18. The number of piperazine rings is 1. The number of anilines is 1. The van der Waals surface area contributed by atoms with Crippen LogP contribution in [-0.4, -0.2) is 58.6 Å². The lowest BCUT2D eigenvalue weighted by atomic mass is 10.2. The predicted molar refractivity (Wildman–Crippen MR) is 117 cm³/mol. The van der Waals surface area contributed by atoms with Crippen LogP contribution in [0.5, 0.6) is 5.75 Å². The molecule has 1 aliphatic heterocycles. The molecule has 1 saturated heterocycles. The second-order valence-corrected chi connectivity index (χ2v) is 9.62. The zero-order valence-corrected chi connectivity index (χ0v) is 18.6. The molecule has 0 bridgehead atoms. The van der Waals surface area contributed by atoms with Crippen LogP contribution in [-0.2, 0) is 14.8 Å². The maximum atomic E-state index is 13.1. The fraction of sp³-hybridized carbons (Fsp3) is 0.409. The number of amides is 1. The molecule has 1 N–H and O–H groups in total. The highest BCUT2D eigenvalue weighted by Gasteiger charge is 2.22. The van der Waals surface area contributed by atoms with Crippen molar-refractivity contribution in [3.63, 3.8) is 0 Å². The second-order valence-electron chi connectivity index (χ2n) is 7.85. The number of carbonyl (C=O) groups is 1. The standard InChI is InChI=1S/C22H28FN3O4S/c1-17(2)15-24-31(28,29)21-9-7-20(8-10-21)30-16-22(27)26-13-11-25(12-14-26)19-5-3-18(23)4-6-19/h3-10,17,24H,11-16H2,1-2H3. The first-order chi connectivity index (χ1) is 14.7. The van der Waals surface area contributed by atoms with Crippen molar-refractivity contribution in [1.29, 1.82) is 0 Å². The number of hydrogen-bond acceptors (Lipinski definition) is 5. The quantitative estimate of drug-likeness (QED) is 0.670. The highest BCUT2D eigenvalue weighted by Crippen LogP contribution is 2.18. The van der Waals surface area contributed by atoms with Gasteiger partial charge in [-0.25, -0.2) is 17.5 Å². The summed E-state index contributed by atoms with van der Waals surface area (Å²) in [5.74, 6) is 0.239. The van der Waals surface area contributed by atoms with Gasteiger partial charge in [-0.3, -0.25) is 4.79 Å². The van der Waals surface area contributed by atoms with Crippen molar-refractivity contribution in [2.45, 2.75) is 18.7 Å². The molecule has 9 heteroatoms. The molecule has 7 nitrogen and oxygen atoms in total. The lowest BCUT2D eigenvalue weighted by molar-refractivity contribution is -0.133. The van der Waals surface area contributed by atoms with E-state index in [-0.39, 0.29) is 29.1 Å². The average Bonchev–Trinajstić information content (AvgIpc) is 2.77. The minimum atomic E-state index is -3.56. The van der Waals surface area contributed by atoms with Crippen LogP contribution in [0.1, 0.15) is 13.8 Å². The summed E-state index contributed by atoms with van der Waals surface area (Å²) < 4.78 is 45.6. The summed E-state index contributed by atoms with van der Waals surface area (Å²) in [5, 5.41) is 0. The fourth-order valence-corrected chi connectivity index (χ4v) is 4.39. The van der Waals surface area contributed by atoms with Crippen molar-refractivity contribution in [3.05, 3.63) is 54.3 Å². The molecule has 3 rings (SSSR count). The van der Waals surface area contributed by atoms with Crippen LogP contribution in [0.25, 0.3) is 0 Å². The largest absolute Gasteiger partial charge is 0.484 e. The number of nitrogens with one attached hydrogen (secondary N) is 1. The number of halogens is 1. The van der Waals surface area contributed by atoms with Crippen LogP contribution < -0.4 is 14.4 Å². The third-order valence-electron chi connectivity index (χ3n) is 5.00. The van der Waals surface area contributed by atoms with Gasteiger partial charge in [0.15, 0.2) is 6.61 Å². The maximum absolute atomic E-state index is 13.1. The molecule has 2 aromatic rings. The van der Waals surface area contributed by atoms with Crippen molar-refractivity contribution in [1.82, 2.24) is 9.62 Å². The molecular formula is C22H28FN3O4S. The lowest BCUT2D eigenvalue weighted by Gasteiger charge is -2.36. The van der Waals surface area contributed by atoms with Crippen LogP contribution in [0.3, 0.4) is 0 Å². The summed E-state index contributed by atoms with van der Waals surface area (Å²) >= 11 is 0. The summed E-state index contributed by atoms with van der Waals surface area (Å²) in [6, 6.07) is 12.3. The lowest BCUT2D eigenvalue weighted by Crippen LogP contribution is -2.50. The van der Waals surface area contributed by atoms with E-state index in [1.54, 1.807) is 29.2 Å². The number of rotatable bonds is 8. The number of hydrogen-bond donors (Lipinski definition) is 1. The first kappa shape index (κ1) is 23.0. The Bertz CT molecular complexity index is 971. The molecule has 1 amide bonds. The molecule has 1 aliphatic rings. The van der Waals surface area contributed by atoms with Gasteiger partial charge in [-0.2, -0.15) is 0 Å². The summed E-state index contributed by atoms with van der Waals surface area (Å²) in [6.45, 7) is 6.53. The van der Waals surface area contributed by atoms with Crippen LogP contribution in [0, 0.1) is 11.7 Å². The molecule has 0 saturated carbocycles. The van der Waals surface area contributed by atoms with Crippen LogP contribution in [0.15, 0.2) is 53.4 Å². The van der Waals surface area contributed by atoms with Crippen molar-refractivity contribution in [3.8, 4) is 5.75 Å². The van der Waals surface area contributed by atoms with E-state index < -0.39 is 10.0 Å². The molecule has 0 atom stereocenters. The third-order valence-corrected chi connectivity index (χ3v) is 6.44. The van der Waals surface area contributed by atoms with E-state index in [1.807, 2.05) is 13.8 Å². The van der Waals surface area contributed by atoms with Gasteiger partial charge in [0.25, 0.3) is 5.91 Å². The Labute approximate surface area is 182 Å². The van der Waals surface area contributed by atoms with Gasteiger partial charge in [0, 0.05) is 38.4 Å². The van der Waals surface area contributed by atoms with E-state index in [9.17, 15) is 17.6 Å². The smallest absolute Gasteiger partial charge is 0.260 e. The van der Waals surface area contributed by atoms with Gasteiger partial charge in [0.2, 0.25) is 10.0 Å². The summed E-state index contributed by atoms with van der Waals surface area (Å²) in [4.78, 5) is 16.5. The van der Waals surface area contributed by atoms with Gasteiger partial charge < -0.3 is 14.5 Å². The predicted octanol–water partition coefficient (Wildman–Crippen LogP) is 2.49. The minimum absolute atomic E-state index is 0.117. The Morgan fingerprint density at radius 2 is 1.65 bits per heavy atom. The zero-order valence-electron chi connectivity index (χ0n) is 17.8. The van der Waals surface area contributed by atoms with Crippen molar-refractivity contribution in [2.24, 2.45) is 5.92 Å². The van der Waals surface area contributed by atoms with Crippen LogP contribution in [0.2, 0.25) is 0 Å².